The average Bonchev–Trinajstić information content (AvgIpc) is 2.78. The number of hydrogen-bond acceptors (Lipinski definition) is 3. The van der Waals surface area contributed by atoms with Crippen LogP contribution >= 0.6 is 0 Å². The van der Waals surface area contributed by atoms with Crippen LogP contribution < -0.4 is 9.80 Å². The number of pyridine rings is 1. The van der Waals surface area contributed by atoms with Gasteiger partial charge in [0.15, 0.2) is 0 Å². The summed E-state index contributed by atoms with van der Waals surface area (Å²) in [4.78, 5) is 21.9. The van der Waals surface area contributed by atoms with E-state index >= 15 is 0 Å². The van der Waals surface area contributed by atoms with Gasteiger partial charge in [-0.2, -0.15) is 0 Å². The van der Waals surface area contributed by atoms with E-state index < -0.39 is 0 Å². The standard InChI is InChI=1S/C24H23N3O/c28-24(27-14-6-10-19-8-2-4-12-23(19)27)20-15-21(17-25-16-20)26-13-5-9-18-7-1-3-11-22(18)26/h1-4,7-8,11-12,15-17H,5-6,9-10,13-14H2. The predicted octanol–water partition coefficient (Wildman–Crippen LogP) is 4.76. The number of anilines is 3. The summed E-state index contributed by atoms with van der Waals surface area (Å²) >= 11 is 0. The van der Waals surface area contributed by atoms with Gasteiger partial charge in [-0.15, -0.1) is 0 Å². The minimum Gasteiger partial charge on any atom is -0.340 e. The van der Waals surface area contributed by atoms with Gasteiger partial charge in [-0.05, 0) is 55.0 Å². The molecule has 0 radical (unpaired) electrons. The molecule has 28 heavy (non-hydrogen) atoms. The summed E-state index contributed by atoms with van der Waals surface area (Å²) in [5.74, 6) is 0.0341. The number of hydrogen-bond donors (Lipinski definition) is 0. The van der Waals surface area contributed by atoms with Crippen LogP contribution in [0.3, 0.4) is 0 Å². The van der Waals surface area contributed by atoms with Gasteiger partial charge in [-0.1, -0.05) is 36.4 Å². The lowest BCUT2D eigenvalue weighted by Gasteiger charge is -2.32. The first kappa shape index (κ1) is 17.0. The monoisotopic (exact) mass is 369 g/mol. The van der Waals surface area contributed by atoms with Crippen molar-refractivity contribution in [2.24, 2.45) is 0 Å². The second kappa shape index (κ2) is 7.12. The molecular weight excluding hydrogens is 346 g/mol. The molecule has 0 bridgehead atoms. The highest BCUT2D eigenvalue weighted by molar-refractivity contribution is 6.07. The third kappa shape index (κ3) is 2.95. The van der Waals surface area contributed by atoms with Crippen LogP contribution in [0.4, 0.5) is 17.1 Å². The number of rotatable bonds is 2. The molecule has 0 fully saturated rings. The van der Waals surface area contributed by atoms with Crippen molar-refractivity contribution in [3.8, 4) is 0 Å². The largest absolute Gasteiger partial charge is 0.340 e. The maximum absolute atomic E-state index is 13.3. The van der Waals surface area contributed by atoms with Crippen molar-refractivity contribution in [1.82, 2.24) is 4.98 Å². The quantitative estimate of drug-likeness (QED) is 0.653. The van der Waals surface area contributed by atoms with E-state index in [1.54, 1.807) is 6.20 Å². The second-order valence-electron chi connectivity index (χ2n) is 7.50. The number of fused-ring (bicyclic) bond motifs is 2. The number of amides is 1. The molecule has 2 aliphatic heterocycles. The van der Waals surface area contributed by atoms with Gasteiger partial charge in [0.05, 0.1) is 17.4 Å². The highest BCUT2D eigenvalue weighted by Crippen LogP contribution is 2.34. The lowest BCUT2D eigenvalue weighted by molar-refractivity contribution is 0.0985. The number of benzene rings is 2. The molecule has 0 atom stereocenters. The van der Waals surface area contributed by atoms with Crippen LogP contribution in [0, 0.1) is 0 Å². The molecule has 0 aliphatic carbocycles. The van der Waals surface area contributed by atoms with E-state index in [9.17, 15) is 4.79 Å². The van der Waals surface area contributed by atoms with Crippen LogP contribution in [0.25, 0.3) is 0 Å². The third-order valence-corrected chi connectivity index (χ3v) is 5.75. The zero-order valence-corrected chi connectivity index (χ0v) is 15.8. The lowest BCUT2D eigenvalue weighted by Crippen LogP contribution is -2.35. The van der Waals surface area contributed by atoms with Crippen LogP contribution in [0.5, 0.6) is 0 Å². The molecule has 0 spiro atoms. The summed E-state index contributed by atoms with van der Waals surface area (Å²) in [5, 5.41) is 0. The number of carbonyl (C=O) groups excluding carboxylic acids is 1. The van der Waals surface area contributed by atoms with Gasteiger partial charge >= 0.3 is 0 Å². The molecule has 4 nitrogen and oxygen atoms in total. The Hall–Kier alpha value is -3.14. The Balaban J connectivity index is 1.48. The van der Waals surface area contributed by atoms with Crippen LogP contribution in [0.2, 0.25) is 0 Å². The predicted molar refractivity (Wildman–Crippen MR) is 112 cm³/mol. The van der Waals surface area contributed by atoms with Crippen LogP contribution in [0.15, 0.2) is 67.0 Å². The minimum atomic E-state index is 0.0341. The van der Waals surface area contributed by atoms with Crippen LogP contribution in [0.1, 0.15) is 34.3 Å². The van der Waals surface area contributed by atoms with Gasteiger partial charge in [0.25, 0.3) is 5.91 Å². The summed E-state index contributed by atoms with van der Waals surface area (Å²) in [7, 11) is 0. The summed E-state index contributed by atoms with van der Waals surface area (Å²) in [5.41, 5.74) is 6.50. The lowest BCUT2D eigenvalue weighted by atomic mass is 10.0. The first-order chi connectivity index (χ1) is 13.8. The average molecular weight is 369 g/mol. The molecule has 4 heteroatoms. The maximum atomic E-state index is 13.3. The topological polar surface area (TPSA) is 36.4 Å². The summed E-state index contributed by atoms with van der Waals surface area (Å²) in [6, 6.07) is 18.7. The fourth-order valence-electron chi connectivity index (χ4n) is 4.39. The number of para-hydroxylation sites is 2. The van der Waals surface area contributed by atoms with E-state index in [0.29, 0.717) is 5.56 Å². The van der Waals surface area contributed by atoms with E-state index in [0.717, 1.165) is 50.1 Å². The number of nitrogens with zero attached hydrogens (tertiary/aromatic N) is 3. The SMILES string of the molecule is O=C(c1cncc(N2CCCc3ccccc32)c1)N1CCCc2ccccc21. The third-order valence-electron chi connectivity index (χ3n) is 5.75. The van der Waals surface area contributed by atoms with Crippen molar-refractivity contribution in [3.63, 3.8) is 0 Å². The van der Waals surface area contributed by atoms with Crippen molar-refractivity contribution < 1.29 is 4.79 Å². The molecule has 3 aromatic rings. The molecule has 3 heterocycles. The number of carbonyl (C=O) groups is 1. The fourth-order valence-corrected chi connectivity index (χ4v) is 4.39. The van der Waals surface area contributed by atoms with Crippen LogP contribution in [-0.4, -0.2) is 24.0 Å². The summed E-state index contributed by atoms with van der Waals surface area (Å²) < 4.78 is 0. The van der Waals surface area contributed by atoms with Crippen molar-refractivity contribution >= 4 is 23.0 Å². The molecule has 2 aliphatic rings. The second-order valence-corrected chi connectivity index (χ2v) is 7.50. The van der Waals surface area contributed by atoms with Gasteiger partial charge in [-0.3, -0.25) is 9.78 Å². The van der Waals surface area contributed by atoms with Gasteiger partial charge < -0.3 is 9.80 Å². The van der Waals surface area contributed by atoms with Crippen molar-refractivity contribution in [2.75, 3.05) is 22.9 Å². The Morgan fingerprint density at radius 2 is 1.50 bits per heavy atom. The Morgan fingerprint density at radius 3 is 2.32 bits per heavy atom. The molecule has 0 saturated heterocycles. The molecule has 2 aromatic carbocycles. The summed E-state index contributed by atoms with van der Waals surface area (Å²) in [6.45, 7) is 1.70. The summed E-state index contributed by atoms with van der Waals surface area (Å²) in [6.07, 6.45) is 7.79. The molecule has 5 rings (SSSR count). The zero-order chi connectivity index (χ0) is 18.9. The first-order valence-electron chi connectivity index (χ1n) is 10.0. The normalized spacial score (nSPS) is 15.7. The molecule has 1 amide bonds. The van der Waals surface area contributed by atoms with Gasteiger partial charge in [-0.25, -0.2) is 0 Å². The van der Waals surface area contributed by atoms with E-state index in [1.807, 2.05) is 35.4 Å². The van der Waals surface area contributed by atoms with Crippen LogP contribution in [-0.2, 0) is 12.8 Å². The Kier molecular flexibility index (Phi) is 4.32. The Labute approximate surface area is 165 Å². The van der Waals surface area contributed by atoms with Gasteiger partial charge in [0, 0.05) is 30.7 Å². The van der Waals surface area contributed by atoms with Crippen molar-refractivity contribution in [3.05, 3.63) is 83.7 Å². The van der Waals surface area contributed by atoms with Gasteiger partial charge in [0.1, 0.15) is 0 Å². The minimum absolute atomic E-state index is 0.0341. The fraction of sp³-hybridized carbons (Fsp3) is 0.250. The van der Waals surface area contributed by atoms with E-state index in [4.69, 9.17) is 0 Å². The highest BCUT2D eigenvalue weighted by Gasteiger charge is 2.25. The van der Waals surface area contributed by atoms with E-state index in [1.165, 1.54) is 16.8 Å². The molecule has 1 aromatic heterocycles. The van der Waals surface area contributed by atoms with Gasteiger partial charge in [0.2, 0.25) is 0 Å². The molecule has 0 saturated carbocycles. The van der Waals surface area contributed by atoms with Crippen molar-refractivity contribution in [2.45, 2.75) is 25.7 Å². The van der Waals surface area contributed by atoms with E-state index in [2.05, 4.69) is 40.2 Å². The number of aryl methyl sites for hydroxylation is 2. The molecule has 0 N–H and O–H groups in total. The number of aromatic nitrogens is 1. The first-order valence-corrected chi connectivity index (χ1v) is 10.0. The Bertz CT molecular complexity index is 1030. The molecule has 140 valence electrons. The van der Waals surface area contributed by atoms with E-state index in [-0.39, 0.29) is 5.91 Å². The maximum Gasteiger partial charge on any atom is 0.259 e. The molecular formula is C24H23N3O. The highest BCUT2D eigenvalue weighted by atomic mass is 16.2. The Morgan fingerprint density at radius 1 is 0.821 bits per heavy atom. The van der Waals surface area contributed by atoms with Crippen molar-refractivity contribution in [1.29, 1.82) is 0 Å². The zero-order valence-electron chi connectivity index (χ0n) is 15.8. The molecule has 0 unspecified atom stereocenters. The smallest absolute Gasteiger partial charge is 0.259 e.